The van der Waals surface area contributed by atoms with Crippen molar-refractivity contribution < 1.29 is 39.0 Å². The van der Waals surface area contributed by atoms with E-state index in [4.69, 9.17) is 28.3 Å². The van der Waals surface area contributed by atoms with Crippen molar-refractivity contribution in [3.8, 4) is 5.75 Å². The molecule has 0 unspecified atom stereocenters. The van der Waals surface area contributed by atoms with Gasteiger partial charge in [-0.3, -0.25) is 29.0 Å². The quantitative estimate of drug-likeness (QED) is 0.320. The Morgan fingerprint density at radius 3 is 2.37 bits per heavy atom. The van der Waals surface area contributed by atoms with Crippen LogP contribution in [0.25, 0.3) is 0 Å². The van der Waals surface area contributed by atoms with Crippen LogP contribution in [0.15, 0.2) is 12.1 Å². The molecule has 4 amide bonds. The van der Waals surface area contributed by atoms with Gasteiger partial charge in [-0.2, -0.15) is 0 Å². The van der Waals surface area contributed by atoms with E-state index >= 15 is 0 Å². The number of nitrogens with zero attached hydrogens (tertiary/aromatic N) is 2. The molecule has 1 aliphatic heterocycles. The van der Waals surface area contributed by atoms with Crippen LogP contribution >= 0.6 is 23.2 Å². The highest BCUT2D eigenvalue weighted by Gasteiger charge is 2.37. The zero-order valence-electron chi connectivity index (χ0n) is 18.6. The topological polar surface area (TPSA) is 173 Å². The molecule has 0 spiro atoms. The Hall–Kier alpha value is -3.38. The molecule has 0 aromatic heterocycles. The molecule has 4 N–H and O–H groups in total. The van der Waals surface area contributed by atoms with Crippen molar-refractivity contribution in [3.05, 3.63) is 27.7 Å². The van der Waals surface area contributed by atoms with Crippen LogP contribution < -0.4 is 10.6 Å². The van der Waals surface area contributed by atoms with Crippen molar-refractivity contribution in [2.45, 2.75) is 44.7 Å². The molecule has 0 saturated carbocycles. The first-order chi connectivity index (χ1) is 16.5. The summed E-state index contributed by atoms with van der Waals surface area (Å²) in [4.78, 5) is 73.1. The Kier molecular flexibility index (Phi) is 9.84. The summed E-state index contributed by atoms with van der Waals surface area (Å²) in [5.74, 6) is -4.56. The van der Waals surface area contributed by atoms with E-state index in [1.807, 2.05) is 0 Å². The highest BCUT2D eigenvalue weighted by molar-refractivity contribution is 6.37. The minimum absolute atomic E-state index is 0.0432. The predicted octanol–water partition coefficient (Wildman–Crippen LogP) is 0.732. The second kappa shape index (κ2) is 12.4. The number of carboxylic acids is 1. The molecule has 12 nitrogen and oxygen atoms in total. The lowest BCUT2D eigenvalue weighted by Gasteiger charge is -2.34. The van der Waals surface area contributed by atoms with E-state index in [-0.39, 0.29) is 41.3 Å². The Morgan fingerprint density at radius 1 is 1.20 bits per heavy atom. The molecule has 1 aromatic rings. The summed E-state index contributed by atoms with van der Waals surface area (Å²) in [6.45, 7) is 1.18. The van der Waals surface area contributed by atoms with E-state index in [9.17, 15) is 33.9 Å². The summed E-state index contributed by atoms with van der Waals surface area (Å²) in [6, 6.07) is -0.215. The Labute approximate surface area is 210 Å². The number of benzene rings is 1. The lowest BCUT2D eigenvalue weighted by molar-refractivity contribution is -0.164. The average Bonchev–Trinajstić information content (AvgIpc) is 2.89. The maximum Gasteiger partial charge on any atom is 0.305 e. The molecule has 0 bridgehead atoms. The number of hydrogen-bond acceptors (Lipinski definition) is 7. The van der Waals surface area contributed by atoms with Crippen molar-refractivity contribution in [2.75, 3.05) is 13.1 Å². The Balaban J connectivity index is 2.26. The number of carboxylic acid groups (broad SMARTS) is 1. The lowest BCUT2D eigenvalue weighted by atomic mass is 10.1. The summed E-state index contributed by atoms with van der Waals surface area (Å²) in [5, 5.41) is 24.8. The summed E-state index contributed by atoms with van der Waals surface area (Å²) in [5.41, 5.74) is -0.0432. The molecule has 1 saturated heterocycles. The van der Waals surface area contributed by atoms with Crippen LogP contribution in [0, 0.1) is 0 Å². The number of aliphatic carboxylic acids is 1. The molecule has 2 atom stereocenters. The number of phenols is 1. The van der Waals surface area contributed by atoms with Crippen molar-refractivity contribution in [1.82, 2.24) is 20.7 Å². The number of halogens is 2. The number of aldehydes is 1. The molecule has 2 rings (SSSR count). The van der Waals surface area contributed by atoms with Crippen molar-refractivity contribution in [2.24, 2.45) is 0 Å². The number of carbonyl (C=O) groups is 6. The van der Waals surface area contributed by atoms with Gasteiger partial charge in [-0.05, 0) is 25.0 Å². The maximum absolute atomic E-state index is 13.3. The van der Waals surface area contributed by atoms with Gasteiger partial charge in [0.1, 0.15) is 18.9 Å². The number of hydrogen-bond donors (Lipinski definition) is 4. The minimum Gasteiger partial charge on any atom is -0.505 e. The van der Waals surface area contributed by atoms with Gasteiger partial charge in [-0.1, -0.05) is 30.1 Å². The number of rotatable bonds is 10. The molecule has 14 heteroatoms. The SMILES string of the molecule is CCCN1C(=O)CC[C@H](NC(=O)c2cc(Cl)c(O)c(Cl)c2)C(=O)N1CC(=O)N[C@H](C=O)CC(=O)O. The Morgan fingerprint density at radius 2 is 1.83 bits per heavy atom. The molecule has 1 heterocycles. The average molecular weight is 531 g/mol. The molecule has 1 fully saturated rings. The van der Waals surface area contributed by atoms with Crippen molar-refractivity contribution in [3.63, 3.8) is 0 Å². The fraction of sp³-hybridized carbons (Fsp3) is 0.429. The van der Waals surface area contributed by atoms with Gasteiger partial charge in [0.05, 0.1) is 22.5 Å². The first kappa shape index (κ1) is 27.9. The van der Waals surface area contributed by atoms with Crippen molar-refractivity contribution >= 4 is 59.1 Å². The monoisotopic (exact) mass is 530 g/mol. The van der Waals surface area contributed by atoms with E-state index in [1.165, 1.54) is 0 Å². The highest BCUT2D eigenvalue weighted by atomic mass is 35.5. The summed E-state index contributed by atoms with van der Waals surface area (Å²) in [7, 11) is 0. The molecule has 1 aromatic carbocycles. The first-order valence-corrected chi connectivity index (χ1v) is 11.3. The van der Waals surface area contributed by atoms with Gasteiger partial charge < -0.3 is 25.6 Å². The predicted molar refractivity (Wildman–Crippen MR) is 123 cm³/mol. The largest absolute Gasteiger partial charge is 0.505 e. The van der Waals surface area contributed by atoms with E-state index in [0.29, 0.717) is 6.42 Å². The molecule has 190 valence electrons. The van der Waals surface area contributed by atoms with Gasteiger partial charge in [0, 0.05) is 18.5 Å². The Bertz CT molecular complexity index is 1010. The molecule has 0 radical (unpaired) electrons. The molecule has 1 aliphatic rings. The fourth-order valence-electron chi connectivity index (χ4n) is 3.36. The van der Waals surface area contributed by atoms with Gasteiger partial charge >= 0.3 is 5.97 Å². The van der Waals surface area contributed by atoms with Crippen LogP contribution in [0.5, 0.6) is 5.75 Å². The summed E-state index contributed by atoms with van der Waals surface area (Å²) < 4.78 is 0. The fourth-order valence-corrected chi connectivity index (χ4v) is 3.84. The molecule has 0 aliphatic carbocycles. The second-order valence-electron chi connectivity index (χ2n) is 7.67. The van der Waals surface area contributed by atoms with E-state index in [1.54, 1.807) is 6.92 Å². The molecular formula is C21H24Cl2N4O8. The smallest absolute Gasteiger partial charge is 0.305 e. The normalized spacial score (nSPS) is 16.9. The molecular weight excluding hydrogens is 507 g/mol. The number of aromatic hydroxyl groups is 1. The van der Waals surface area contributed by atoms with Crippen LogP contribution in [-0.4, -0.2) is 81.3 Å². The van der Waals surface area contributed by atoms with Crippen LogP contribution in [0.4, 0.5) is 0 Å². The third-order valence-electron chi connectivity index (χ3n) is 5.00. The van der Waals surface area contributed by atoms with Gasteiger partial charge in [-0.15, -0.1) is 0 Å². The number of amides is 4. The maximum atomic E-state index is 13.3. The number of phenolic OH excluding ortho intramolecular Hbond substituents is 1. The van der Waals surface area contributed by atoms with Crippen molar-refractivity contribution in [1.29, 1.82) is 0 Å². The van der Waals surface area contributed by atoms with Gasteiger partial charge in [0.2, 0.25) is 11.8 Å². The third-order valence-corrected chi connectivity index (χ3v) is 5.57. The van der Waals surface area contributed by atoms with E-state index < -0.39 is 60.4 Å². The minimum atomic E-state index is -1.32. The van der Waals surface area contributed by atoms with Gasteiger partial charge in [-0.25, -0.2) is 5.01 Å². The number of carbonyl (C=O) groups excluding carboxylic acids is 5. The molecule has 35 heavy (non-hydrogen) atoms. The first-order valence-electron chi connectivity index (χ1n) is 10.5. The lowest BCUT2D eigenvalue weighted by Crippen LogP contribution is -2.57. The van der Waals surface area contributed by atoms with Crippen LogP contribution in [0.2, 0.25) is 10.0 Å². The zero-order chi connectivity index (χ0) is 26.3. The summed E-state index contributed by atoms with van der Waals surface area (Å²) in [6.07, 6.45) is -0.118. The van der Waals surface area contributed by atoms with Gasteiger partial charge in [0.25, 0.3) is 11.8 Å². The number of nitrogens with one attached hydrogen (secondary N) is 2. The van der Waals surface area contributed by atoms with E-state index in [2.05, 4.69) is 10.6 Å². The van der Waals surface area contributed by atoms with Gasteiger partial charge in [0.15, 0.2) is 5.75 Å². The van der Waals surface area contributed by atoms with E-state index in [0.717, 1.165) is 22.2 Å². The van der Waals surface area contributed by atoms with Crippen LogP contribution in [-0.2, 0) is 24.0 Å². The zero-order valence-corrected chi connectivity index (χ0v) is 20.1. The summed E-state index contributed by atoms with van der Waals surface area (Å²) >= 11 is 11.7. The third kappa shape index (κ3) is 7.30. The standard InChI is InChI=1S/C21H24Cl2N4O8/c1-2-5-26-17(30)4-3-15(25-20(34)11-6-13(22)19(33)14(23)7-11)21(35)27(26)9-16(29)24-12(10-28)8-18(31)32/h6-7,10,12,15,33H,2-5,8-9H2,1H3,(H,24,29)(H,25,34)(H,31,32)/t12-,15-/m0/s1. The second-order valence-corrected chi connectivity index (χ2v) is 8.49. The number of hydrazine groups is 1. The van der Waals surface area contributed by atoms with Crippen LogP contribution in [0.1, 0.15) is 43.0 Å². The highest BCUT2D eigenvalue weighted by Crippen LogP contribution is 2.32. The van der Waals surface area contributed by atoms with Crippen LogP contribution in [0.3, 0.4) is 0 Å².